The molecular formula is C4H14AlN2Na. The van der Waals surface area contributed by atoms with E-state index in [4.69, 9.17) is 9.43 Å². The van der Waals surface area contributed by atoms with Crippen LogP contribution in [0.1, 0.15) is 13.8 Å². The molecule has 0 radical (unpaired) electrons. The number of hydrogen-bond donors (Lipinski definition) is 2. The summed E-state index contributed by atoms with van der Waals surface area (Å²) in [5.41, 5.74) is 0. The molecule has 0 aromatic carbocycles. The minimum atomic E-state index is -1.90. The molecule has 0 aromatic heterocycles. The molecular weight excluding hydrogens is 126 g/mol. The zero-order chi connectivity index (χ0) is 5.91. The Hall–Kier alpha value is 1.45. The molecule has 0 aliphatic rings. The molecule has 0 fully saturated rings. The Morgan fingerprint density at radius 1 is 1.12 bits per heavy atom. The van der Waals surface area contributed by atoms with Crippen LogP contribution >= 0.6 is 0 Å². The van der Waals surface area contributed by atoms with E-state index >= 15 is 0 Å². The van der Waals surface area contributed by atoms with E-state index in [0.717, 1.165) is 10.6 Å². The van der Waals surface area contributed by atoms with Gasteiger partial charge in [0.05, 0.1) is 0 Å². The topological polar surface area (TPSA) is 52.0 Å². The quantitative estimate of drug-likeness (QED) is 0.413. The fourth-order valence-corrected chi connectivity index (χ4v) is 0.866. The van der Waals surface area contributed by atoms with Gasteiger partial charge in [-0.2, -0.15) is 10.6 Å². The average molecular weight is 140 g/mol. The van der Waals surface area contributed by atoms with Crippen molar-refractivity contribution in [3.63, 3.8) is 0 Å². The van der Waals surface area contributed by atoms with E-state index < -0.39 is 13.5 Å². The summed E-state index contributed by atoms with van der Waals surface area (Å²) in [6.07, 6.45) is 0. The van der Waals surface area contributed by atoms with Gasteiger partial charge in [-0.3, -0.25) is 0 Å². The first-order chi connectivity index (χ1) is 3.12. The smallest absolute Gasteiger partial charge is 0.529 e. The molecule has 0 heterocycles. The predicted molar refractivity (Wildman–Crippen MR) is 35.1 cm³/mol. The van der Waals surface area contributed by atoms with E-state index in [1.165, 1.54) is 0 Å². The second-order valence-electron chi connectivity index (χ2n) is 2.24. The Morgan fingerprint density at radius 2 is 1.38 bits per heavy atom. The van der Waals surface area contributed by atoms with Crippen molar-refractivity contribution in [3.8, 4) is 0 Å². The summed E-state index contributed by atoms with van der Waals surface area (Å²) in [4.78, 5) is 0. The van der Waals surface area contributed by atoms with Gasteiger partial charge in [0.1, 0.15) is 0 Å². The van der Waals surface area contributed by atoms with Crippen molar-refractivity contribution >= 4 is 13.5 Å². The molecule has 44 valence electrons. The Balaban J connectivity index is 0. The summed E-state index contributed by atoms with van der Waals surface area (Å²) < 4.78 is 11.3. The molecule has 0 atom stereocenters. The third kappa shape index (κ3) is 5.59. The fraction of sp³-hybridized carbons (Fsp3) is 1.00. The van der Waals surface area contributed by atoms with Crippen LogP contribution in [-0.4, -0.2) is 13.5 Å². The second-order valence-corrected chi connectivity index (χ2v) is 6.72. The van der Waals surface area contributed by atoms with E-state index in [2.05, 4.69) is 13.8 Å². The SMILES string of the molecule is C[CH2][Al-]([NH2])([NH2])[CH2]C.[Na+]. The zero-order valence-corrected chi connectivity index (χ0v) is 9.30. The third-order valence-corrected chi connectivity index (χ3v) is 4.56. The van der Waals surface area contributed by atoms with E-state index in [0.29, 0.717) is 0 Å². The predicted octanol–water partition coefficient (Wildman–Crippen LogP) is -2.61. The number of rotatable bonds is 2. The molecule has 4 N–H and O–H groups in total. The van der Waals surface area contributed by atoms with Gasteiger partial charge in [0.15, 0.2) is 0 Å². The summed E-state index contributed by atoms with van der Waals surface area (Å²) in [7, 11) is 0. The number of hydrogen-bond acceptors (Lipinski definition) is 2. The monoisotopic (exact) mass is 140 g/mol. The first-order valence-corrected chi connectivity index (χ1v) is 5.86. The van der Waals surface area contributed by atoms with Gasteiger partial charge in [-0.1, -0.05) is 13.8 Å². The van der Waals surface area contributed by atoms with Crippen LogP contribution < -0.4 is 39.0 Å². The van der Waals surface area contributed by atoms with E-state index in [9.17, 15) is 0 Å². The van der Waals surface area contributed by atoms with Crippen LogP contribution in [-0.2, 0) is 0 Å². The van der Waals surface area contributed by atoms with Crippen LogP contribution in [0.25, 0.3) is 0 Å². The molecule has 0 aliphatic heterocycles. The molecule has 0 unspecified atom stereocenters. The van der Waals surface area contributed by atoms with Crippen LogP contribution in [0.15, 0.2) is 0 Å². The molecule has 0 bridgehead atoms. The van der Waals surface area contributed by atoms with Crippen LogP contribution in [0, 0.1) is 0 Å². The largest absolute Gasteiger partial charge is 1.00 e. The van der Waals surface area contributed by atoms with E-state index in [1.54, 1.807) is 0 Å². The number of nitrogens with two attached hydrogens (primary N) is 2. The molecule has 2 nitrogen and oxygen atoms in total. The molecule has 0 saturated heterocycles. The molecule has 0 saturated carbocycles. The second kappa shape index (κ2) is 5.25. The summed E-state index contributed by atoms with van der Waals surface area (Å²) in [6, 6.07) is 0. The van der Waals surface area contributed by atoms with Crippen molar-refractivity contribution in [2.75, 3.05) is 0 Å². The van der Waals surface area contributed by atoms with Gasteiger partial charge in [0, 0.05) is 0 Å². The normalized spacial score (nSPS) is 10.5. The average Bonchev–Trinajstić information content (AvgIpc) is 1.68. The summed E-state index contributed by atoms with van der Waals surface area (Å²) in [5, 5.41) is 2.03. The third-order valence-electron chi connectivity index (χ3n) is 1.52. The Kier molecular flexibility index (Phi) is 7.99. The van der Waals surface area contributed by atoms with E-state index in [1.807, 2.05) is 0 Å². The van der Waals surface area contributed by atoms with Crippen LogP contribution in [0.4, 0.5) is 0 Å². The molecule has 0 aliphatic carbocycles. The fourth-order valence-electron chi connectivity index (χ4n) is 0.289. The molecule has 0 amide bonds. The van der Waals surface area contributed by atoms with Crippen LogP contribution in [0.5, 0.6) is 0 Å². The van der Waals surface area contributed by atoms with Gasteiger partial charge in [0.25, 0.3) is 0 Å². The summed E-state index contributed by atoms with van der Waals surface area (Å²) in [5.74, 6) is 0. The molecule has 0 rings (SSSR count). The summed E-state index contributed by atoms with van der Waals surface area (Å²) >= 11 is -1.90. The first kappa shape index (κ1) is 12.2. The van der Waals surface area contributed by atoms with Crippen molar-refractivity contribution in [3.05, 3.63) is 0 Å². The van der Waals surface area contributed by atoms with Crippen molar-refractivity contribution in [1.82, 2.24) is 0 Å². The summed E-state index contributed by atoms with van der Waals surface area (Å²) in [6.45, 7) is 4.13. The molecule has 8 heavy (non-hydrogen) atoms. The van der Waals surface area contributed by atoms with Crippen molar-refractivity contribution in [2.45, 2.75) is 24.4 Å². The maximum absolute atomic E-state index is 5.66. The van der Waals surface area contributed by atoms with Crippen LogP contribution in [0.3, 0.4) is 0 Å². The molecule has 0 spiro atoms. The minimum absolute atomic E-state index is 0. The standard InChI is InChI=1S/2C2H5.Al.2H2N.Na/c2*1-2;;;;/h2*1H2,2H3;;2*1H2;/q;;+1;2*-1;+1. The van der Waals surface area contributed by atoms with Crippen molar-refractivity contribution < 1.29 is 29.6 Å². The van der Waals surface area contributed by atoms with E-state index in [-0.39, 0.29) is 29.6 Å². The van der Waals surface area contributed by atoms with Crippen LogP contribution in [0.2, 0.25) is 10.6 Å². The van der Waals surface area contributed by atoms with Gasteiger partial charge >= 0.3 is 43.1 Å². The van der Waals surface area contributed by atoms with Gasteiger partial charge in [0.2, 0.25) is 0 Å². The Morgan fingerprint density at radius 3 is 1.38 bits per heavy atom. The maximum atomic E-state index is 5.66. The van der Waals surface area contributed by atoms with Gasteiger partial charge in [-0.15, -0.1) is 0 Å². The van der Waals surface area contributed by atoms with Crippen molar-refractivity contribution in [2.24, 2.45) is 9.43 Å². The zero-order valence-electron chi connectivity index (χ0n) is 6.15. The van der Waals surface area contributed by atoms with Gasteiger partial charge in [-0.25, -0.2) is 0 Å². The first-order valence-electron chi connectivity index (χ1n) is 2.90. The van der Waals surface area contributed by atoms with Gasteiger partial charge < -0.3 is 9.43 Å². The van der Waals surface area contributed by atoms with Gasteiger partial charge in [-0.05, 0) is 0 Å². The minimum Gasteiger partial charge on any atom is -0.529 e. The Labute approximate surface area is 76.4 Å². The molecule has 0 aromatic rings. The maximum Gasteiger partial charge on any atom is 1.00 e. The Bertz CT molecular complexity index is 52.0. The van der Waals surface area contributed by atoms with Crippen molar-refractivity contribution in [1.29, 1.82) is 0 Å². The molecule has 4 heteroatoms.